The normalized spacial score (nSPS) is 20.4. The summed E-state index contributed by atoms with van der Waals surface area (Å²) in [5.74, 6) is 0.372. The summed E-state index contributed by atoms with van der Waals surface area (Å²) in [5, 5.41) is 10.6. The van der Waals surface area contributed by atoms with Crippen molar-refractivity contribution < 1.29 is 17.9 Å². The summed E-state index contributed by atoms with van der Waals surface area (Å²) < 4.78 is 42.6. The summed E-state index contributed by atoms with van der Waals surface area (Å²) >= 11 is 1.44. The van der Waals surface area contributed by atoms with E-state index < -0.39 is 6.36 Å². The molecular formula is C22H20F3N5O2S. The molecule has 33 heavy (non-hydrogen) atoms. The fourth-order valence-electron chi connectivity index (χ4n) is 4.93. The molecule has 2 aliphatic rings. The molecule has 0 unspecified atom stereocenters. The van der Waals surface area contributed by atoms with E-state index >= 15 is 0 Å². The molecule has 0 radical (unpaired) electrons. The van der Waals surface area contributed by atoms with Crippen molar-refractivity contribution in [2.45, 2.75) is 13.3 Å². The third-order valence-corrected chi connectivity index (χ3v) is 7.40. The van der Waals surface area contributed by atoms with E-state index in [0.29, 0.717) is 36.1 Å². The first kappa shape index (κ1) is 21.6. The topological polar surface area (TPSA) is 74.4 Å². The van der Waals surface area contributed by atoms with Gasteiger partial charge in [0.2, 0.25) is 0 Å². The Kier molecular flexibility index (Phi) is 5.01. The maximum Gasteiger partial charge on any atom is 0.573 e. The van der Waals surface area contributed by atoms with Crippen LogP contribution in [0.1, 0.15) is 10.6 Å². The molecule has 0 aliphatic carbocycles. The Hall–Kier alpha value is -3.26. The van der Waals surface area contributed by atoms with E-state index in [2.05, 4.69) is 25.6 Å². The minimum Gasteiger partial charge on any atom is -0.406 e. The van der Waals surface area contributed by atoms with E-state index in [9.17, 15) is 23.2 Å². The van der Waals surface area contributed by atoms with Gasteiger partial charge in [-0.3, -0.25) is 4.79 Å². The average Bonchev–Trinajstić information content (AvgIpc) is 3.42. The number of hydrogen-bond donors (Lipinski definition) is 0. The Balaban J connectivity index is 1.37. The molecule has 2 aliphatic heterocycles. The summed E-state index contributed by atoms with van der Waals surface area (Å²) in [6.07, 6.45) is -4.71. The highest BCUT2D eigenvalue weighted by molar-refractivity contribution is 7.18. The molecule has 0 amide bonds. The number of thiazole rings is 1. The number of pyridine rings is 1. The Morgan fingerprint density at radius 1 is 1.12 bits per heavy atom. The minimum atomic E-state index is -4.71. The molecule has 11 heteroatoms. The van der Waals surface area contributed by atoms with Gasteiger partial charge in [-0.2, -0.15) is 5.26 Å². The molecule has 0 spiro atoms. The lowest BCUT2D eigenvalue weighted by Gasteiger charge is -2.25. The zero-order chi connectivity index (χ0) is 23.5. The van der Waals surface area contributed by atoms with E-state index in [1.165, 1.54) is 28.0 Å². The molecule has 2 aromatic heterocycles. The van der Waals surface area contributed by atoms with Crippen LogP contribution in [0.3, 0.4) is 0 Å². The summed E-state index contributed by atoms with van der Waals surface area (Å²) in [4.78, 5) is 22.4. The molecule has 5 rings (SSSR count). The maximum atomic E-state index is 12.8. The largest absolute Gasteiger partial charge is 0.573 e. The number of benzene rings is 1. The first-order chi connectivity index (χ1) is 15.6. The van der Waals surface area contributed by atoms with Crippen LogP contribution in [0.4, 0.5) is 24.5 Å². The number of anilines is 2. The van der Waals surface area contributed by atoms with Gasteiger partial charge in [0, 0.05) is 50.7 Å². The monoisotopic (exact) mass is 475 g/mol. The number of hydrogen-bond acceptors (Lipinski definition) is 7. The van der Waals surface area contributed by atoms with Gasteiger partial charge in [0.1, 0.15) is 27.7 Å². The third kappa shape index (κ3) is 3.78. The Morgan fingerprint density at radius 2 is 1.73 bits per heavy atom. The first-order valence-electron chi connectivity index (χ1n) is 10.4. The number of nitriles is 1. The predicted molar refractivity (Wildman–Crippen MR) is 119 cm³/mol. The van der Waals surface area contributed by atoms with Crippen LogP contribution in [-0.2, 0) is 7.05 Å². The lowest BCUT2D eigenvalue weighted by molar-refractivity contribution is -0.274. The SMILES string of the molecule is Cc1nc2c(N3C[C@H]4CN(c5ccc(OC(F)(F)F)cc5)C[C@@H]4C3)c(C#N)c(=O)n(C)c2s1. The lowest BCUT2D eigenvalue weighted by atomic mass is 10.0. The maximum absolute atomic E-state index is 12.8. The smallest absolute Gasteiger partial charge is 0.406 e. The Labute approximate surface area is 191 Å². The van der Waals surface area contributed by atoms with Gasteiger partial charge >= 0.3 is 6.36 Å². The fourth-order valence-corrected chi connectivity index (χ4v) is 5.81. The van der Waals surface area contributed by atoms with Crippen LogP contribution in [0.5, 0.6) is 5.75 Å². The number of aromatic nitrogens is 2. The van der Waals surface area contributed by atoms with Crippen molar-refractivity contribution in [2.75, 3.05) is 36.0 Å². The molecule has 2 saturated heterocycles. The van der Waals surface area contributed by atoms with Crippen LogP contribution >= 0.6 is 11.3 Å². The number of aryl methyl sites for hydroxylation is 2. The van der Waals surface area contributed by atoms with Crippen molar-refractivity contribution in [3.63, 3.8) is 0 Å². The minimum absolute atomic E-state index is 0.118. The van der Waals surface area contributed by atoms with Gasteiger partial charge in [0.05, 0.1) is 10.7 Å². The van der Waals surface area contributed by atoms with Gasteiger partial charge in [-0.15, -0.1) is 24.5 Å². The second-order valence-corrected chi connectivity index (χ2v) is 9.64. The van der Waals surface area contributed by atoms with Gasteiger partial charge in [-0.25, -0.2) is 4.98 Å². The Bertz CT molecular complexity index is 1310. The van der Waals surface area contributed by atoms with E-state index in [0.717, 1.165) is 28.6 Å². The van der Waals surface area contributed by atoms with Crippen molar-refractivity contribution in [1.82, 2.24) is 9.55 Å². The lowest BCUT2D eigenvalue weighted by Crippen LogP contribution is -2.31. The van der Waals surface area contributed by atoms with Crippen molar-refractivity contribution in [1.29, 1.82) is 5.26 Å². The van der Waals surface area contributed by atoms with Crippen molar-refractivity contribution in [3.8, 4) is 11.8 Å². The highest BCUT2D eigenvalue weighted by Gasteiger charge is 2.42. The van der Waals surface area contributed by atoms with Gasteiger partial charge in [-0.1, -0.05) is 0 Å². The zero-order valence-corrected chi connectivity index (χ0v) is 18.7. The second kappa shape index (κ2) is 7.66. The fraction of sp³-hybridized carbons (Fsp3) is 0.409. The molecule has 0 saturated carbocycles. The van der Waals surface area contributed by atoms with Crippen molar-refractivity contribution in [2.24, 2.45) is 18.9 Å². The number of fused-ring (bicyclic) bond motifs is 2. The van der Waals surface area contributed by atoms with E-state index in [1.54, 1.807) is 19.2 Å². The molecule has 0 bridgehead atoms. The van der Waals surface area contributed by atoms with E-state index in [4.69, 9.17) is 0 Å². The van der Waals surface area contributed by atoms with Crippen LogP contribution in [0.15, 0.2) is 29.1 Å². The molecule has 0 N–H and O–H groups in total. The van der Waals surface area contributed by atoms with Gasteiger partial charge in [0.15, 0.2) is 0 Å². The quantitative estimate of drug-likeness (QED) is 0.576. The summed E-state index contributed by atoms with van der Waals surface area (Å²) in [5.41, 5.74) is 1.95. The molecular weight excluding hydrogens is 455 g/mol. The van der Waals surface area contributed by atoms with Crippen LogP contribution < -0.4 is 20.1 Å². The van der Waals surface area contributed by atoms with Crippen LogP contribution in [0, 0.1) is 30.1 Å². The first-order valence-corrected chi connectivity index (χ1v) is 11.2. The van der Waals surface area contributed by atoms with E-state index in [-0.39, 0.29) is 16.9 Å². The van der Waals surface area contributed by atoms with E-state index in [1.807, 2.05) is 6.92 Å². The number of alkyl halides is 3. The molecule has 3 aromatic rings. The van der Waals surface area contributed by atoms with Gasteiger partial charge in [-0.05, 0) is 31.2 Å². The second-order valence-electron chi connectivity index (χ2n) is 8.46. The molecule has 7 nitrogen and oxygen atoms in total. The number of rotatable bonds is 3. The summed E-state index contributed by atoms with van der Waals surface area (Å²) in [6.45, 7) is 4.74. The molecule has 2 fully saturated rings. The predicted octanol–water partition coefficient (Wildman–Crippen LogP) is 3.65. The molecule has 4 heterocycles. The highest BCUT2D eigenvalue weighted by Crippen LogP contribution is 2.40. The van der Waals surface area contributed by atoms with Crippen LogP contribution in [0.2, 0.25) is 0 Å². The highest BCUT2D eigenvalue weighted by atomic mass is 32.1. The average molecular weight is 475 g/mol. The zero-order valence-electron chi connectivity index (χ0n) is 17.9. The molecule has 172 valence electrons. The van der Waals surface area contributed by atoms with Crippen molar-refractivity contribution >= 4 is 33.1 Å². The molecule has 1 aromatic carbocycles. The van der Waals surface area contributed by atoms with Crippen LogP contribution in [-0.4, -0.2) is 42.1 Å². The number of nitrogens with zero attached hydrogens (tertiary/aromatic N) is 5. The Morgan fingerprint density at radius 3 is 2.30 bits per heavy atom. The molecule has 2 atom stereocenters. The van der Waals surface area contributed by atoms with Crippen molar-refractivity contribution in [3.05, 3.63) is 45.2 Å². The van der Waals surface area contributed by atoms with Crippen LogP contribution in [0.25, 0.3) is 10.3 Å². The van der Waals surface area contributed by atoms with Gasteiger partial charge < -0.3 is 19.1 Å². The number of ether oxygens (including phenoxy) is 1. The number of halogens is 3. The summed E-state index contributed by atoms with van der Waals surface area (Å²) in [7, 11) is 1.66. The standard InChI is InChI=1S/C22H20F3N5O2S/c1-12-27-18-19(17(7-26)20(31)28(2)21(18)33-12)30-10-13-8-29(9-14(13)11-30)15-3-5-16(6-4-15)32-22(23,24)25/h3-6,13-14H,8-11H2,1-2H3/t13-,14-/m1/s1. The summed E-state index contributed by atoms with van der Waals surface area (Å²) in [6, 6.07) is 8.01. The third-order valence-electron chi connectivity index (χ3n) is 6.35. The van der Waals surface area contributed by atoms with Gasteiger partial charge in [0.25, 0.3) is 5.56 Å².